The standard InChI is InChI=1S/C14H20O2/c1-9-5-6-11-13(2,3)7-10(15)8-14(11,4)12(9)16/h5,11H,6-8H2,1-4H3/t11-,14-/m0/s1. The van der Waals surface area contributed by atoms with Crippen LogP contribution in [-0.4, -0.2) is 11.6 Å². The van der Waals surface area contributed by atoms with E-state index in [0.717, 1.165) is 12.0 Å². The minimum Gasteiger partial charge on any atom is -0.300 e. The molecule has 0 heterocycles. The van der Waals surface area contributed by atoms with Crippen molar-refractivity contribution in [2.75, 3.05) is 0 Å². The molecule has 0 aliphatic heterocycles. The lowest BCUT2D eigenvalue weighted by Crippen LogP contribution is -2.51. The van der Waals surface area contributed by atoms with Gasteiger partial charge in [-0.1, -0.05) is 26.8 Å². The number of allylic oxidation sites excluding steroid dienone is 2. The predicted octanol–water partition coefficient (Wildman–Crippen LogP) is 2.92. The summed E-state index contributed by atoms with van der Waals surface area (Å²) in [7, 11) is 0. The van der Waals surface area contributed by atoms with E-state index in [-0.39, 0.29) is 17.0 Å². The van der Waals surface area contributed by atoms with Crippen molar-refractivity contribution in [3.63, 3.8) is 0 Å². The monoisotopic (exact) mass is 220 g/mol. The maximum atomic E-state index is 12.3. The number of ketones is 2. The molecule has 2 rings (SSSR count). The van der Waals surface area contributed by atoms with Crippen molar-refractivity contribution in [2.45, 2.75) is 47.0 Å². The lowest BCUT2D eigenvalue weighted by molar-refractivity contribution is -0.145. The first-order valence-electron chi connectivity index (χ1n) is 6.00. The summed E-state index contributed by atoms with van der Waals surface area (Å²) in [5.74, 6) is 0.741. The lowest BCUT2D eigenvalue weighted by atomic mass is 9.51. The van der Waals surface area contributed by atoms with Crippen LogP contribution in [0, 0.1) is 16.7 Å². The van der Waals surface area contributed by atoms with Crippen LogP contribution >= 0.6 is 0 Å². The molecular weight excluding hydrogens is 200 g/mol. The molecule has 2 aliphatic rings. The van der Waals surface area contributed by atoms with E-state index in [4.69, 9.17) is 0 Å². The quantitative estimate of drug-likeness (QED) is 0.629. The first kappa shape index (κ1) is 11.6. The fourth-order valence-electron chi connectivity index (χ4n) is 3.74. The van der Waals surface area contributed by atoms with Gasteiger partial charge < -0.3 is 0 Å². The van der Waals surface area contributed by atoms with Gasteiger partial charge in [0.15, 0.2) is 5.78 Å². The number of fused-ring (bicyclic) bond motifs is 1. The maximum Gasteiger partial charge on any atom is 0.164 e. The molecule has 0 aromatic heterocycles. The Morgan fingerprint density at radius 3 is 2.44 bits per heavy atom. The van der Waals surface area contributed by atoms with Crippen LogP contribution < -0.4 is 0 Å². The van der Waals surface area contributed by atoms with Crippen molar-refractivity contribution in [1.29, 1.82) is 0 Å². The highest BCUT2D eigenvalue weighted by Crippen LogP contribution is 2.54. The highest BCUT2D eigenvalue weighted by atomic mass is 16.1. The third kappa shape index (κ3) is 1.47. The van der Waals surface area contributed by atoms with Crippen molar-refractivity contribution in [1.82, 2.24) is 0 Å². The second-order valence-electron chi connectivity index (χ2n) is 6.30. The molecule has 2 aliphatic carbocycles. The largest absolute Gasteiger partial charge is 0.300 e. The molecule has 0 amide bonds. The second-order valence-corrected chi connectivity index (χ2v) is 6.30. The Morgan fingerprint density at radius 1 is 1.19 bits per heavy atom. The molecule has 2 atom stereocenters. The number of hydrogen-bond donors (Lipinski definition) is 0. The Morgan fingerprint density at radius 2 is 1.81 bits per heavy atom. The van der Waals surface area contributed by atoms with Crippen molar-refractivity contribution >= 4 is 11.6 Å². The van der Waals surface area contributed by atoms with Gasteiger partial charge in [0.1, 0.15) is 5.78 Å². The van der Waals surface area contributed by atoms with E-state index in [1.165, 1.54) is 0 Å². The summed E-state index contributed by atoms with van der Waals surface area (Å²) in [6, 6.07) is 0. The van der Waals surface area contributed by atoms with E-state index >= 15 is 0 Å². The van der Waals surface area contributed by atoms with E-state index in [1.807, 2.05) is 19.9 Å². The fourth-order valence-corrected chi connectivity index (χ4v) is 3.74. The Balaban J connectivity index is 2.49. The van der Waals surface area contributed by atoms with E-state index in [0.29, 0.717) is 18.8 Å². The molecule has 0 radical (unpaired) electrons. The molecule has 1 saturated carbocycles. The lowest BCUT2D eigenvalue weighted by Gasteiger charge is -2.50. The Hall–Kier alpha value is -0.920. The molecule has 0 unspecified atom stereocenters. The highest BCUT2D eigenvalue weighted by molar-refractivity contribution is 6.03. The molecule has 2 nitrogen and oxygen atoms in total. The predicted molar refractivity (Wildman–Crippen MR) is 63.0 cm³/mol. The smallest absolute Gasteiger partial charge is 0.164 e. The van der Waals surface area contributed by atoms with Gasteiger partial charge in [-0.15, -0.1) is 0 Å². The summed E-state index contributed by atoms with van der Waals surface area (Å²) >= 11 is 0. The van der Waals surface area contributed by atoms with Crippen LogP contribution in [0.25, 0.3) is 0 Å². The molecule has 1 fully saturated rings. The highest BCUT2D eigenvalue weighted by Gasteiger charge is 2.54. The van der Waals surface area contributed by atoms with Gasteiger partial charge in [0, 0.05) is 18.3 Å². The molecule has 16 heavy (non-hydrogen) atoms. The molecule has 2 heteroatoms. The maximum absolute atomic E-state index is 12.3. The zero-order valence-electron chi connectivity index (χ0n) is 10.6. The Bertz CT molecular complexity index is 390. The molecular formula is C14H20O2. The van der Waals surface area contributed by atoms with Crippen molar-refractivity contribution < 1.29 is 9.59 Å². The van der Waals surface area contributed by atoms with E-state index < -0.39 is 5.41 Å². The summed E-state index contributed by atoms with van der Waals surface area (Å²) in [5, 5.41) is 0. The summed E-state index contributed by atoms with van der Waals surface area (Å²) in [4.78, 5) is 24.1. The van der Waals surface area contributed by atoms with Gasteiger partial charge in [0.2, 0.25) is 0 Å². The number of Topliss-reactive ketones (excluding diaryl/α,β-unsaturated/α-hetero) is 2. The first-order valence-corrected chi connectivity index (χ1v) is 6.00. The van der Waals surface area contributed by atoms with Crippen LogP contribution in [0.4, 0.5) is 0 Å². The fraction of sp³-hybridized carbons (Fsp3) is 0.714. The number of hydrogen-bond acceptors (Lipinski definition) is 2. The van der Waals surface area contributed by atoms with Crippen LogP contribution in [0.5, 0.6) is 0 Å². The second kappa shape index (κ2) is 3.28. The molecule has 0 N–H and O–H groups in total. The Labute approximate surface area is 97.1 Å². The molecule has 0 aromatic carbocycles. The number of rotatable bonds is 0. The van der Waals surface area contributed by atoms with Gasteiger partial charge in [-0.3, -0.25) is 9.59 Å². The molecule has 0 spiro atoms. The van der Waals surface area contributed by atoms with Gasteiger partial charge in [0.05, 0.1) is 0 Å². The van der Waals surface area contributed by atoms with Crippen molar-refractivity contribution in [3.05, 3.63) is 11.6 Å². The molecule has 0 saturated heterocycles. The van der Waals surface area contributed by atoms with Crippen LogP contribution in [0.2, 0.25) is 0 Å². The van der Waals surface area contributed by atoms with E-state index in [2.05, 4.69) is 13.8 Å². The van der Waals surface area contributed by atoms with Gasteiger partial charge >= 0.3 is 0 Å². The third-order valence-electron chi connectivity index (χ3n) is 4.47. The van der Waals surface area contributed by atoms with E-state index in [1.54, 1.807) is 0 Å². The summed E-state index contributed by atoms with van der Waals surface area (Å²) in [5.41, 5.74) is 0.346. The average Bonchev–Trinajstić information content (AvgIpc) is 2.11. The molecule has 88 valence electrons. The average molecular weight is 220 g/mol. The molecule has 0 aromatic rings. The number of carbonyl (C=O) groups excluding carboxylic acids is 2. The number of carbonyl (C=O) groups is 2. The van der Waals surface area contributed by atoms with Crippen LogP contribution in [0.15, 0.2) is 11.6 Å². The zero-order chi connectivity index (χ0) is 12.1. The van der Waals surface area contributed by atoms with Crippen molar-refractivity contribution in [2.24, 2.45) is 16.7 Å². The normalized spacial score (nSPS) is 38.0. The SMILES string of the molecule is CC1=CC[C@H]2C(C)(C)CC(=O)C[C@]2(C)C1=O. The third-order valence-corrected chi connectivity index (χ3v) is 4.47. The Kier molecular flexibility index (Phi) is 2.37. The zero-order valence-corrected chi connectivity index (χ0v) is 10.6. The van der Waals surface area contributed by atoms with Gasteiger partial charge in [-0.2, -0.15) is 0 Å². The van der Waals surface area contributed by atoms with Gasteiger partial charge in [-0.05, 0) is 30.3 Å². The minimum absolute atomic E-state index is 0.0447. The van der Waals surface area contributed by atoms with Crippen LogP contribution in [0.1, 0.15) is 47.0 Å². The van der Waals surface area contributed by atoms with E-state index in [9.17, 15) is 9.59 Å². The summed E-state index contributed by atoms with van der Waals surface area (Å²) in [6.07, 6.45) is 4.04. The summed E-state index contributed by atoms with van der Waals surface area (Å²) < 4.78 is 0. The van der Waals surface area contributed by atoms with Crippen LogP contribution in [0.3, 0.4) is 0 Å². The first-order chi connectivity index (χ1) is 7.27. The minimum atomic E-state index is -0.447. The van der Waals surface area contributed by atoms with Crippen LogP contribution in [-0.2, 0) is 9.59 Å². The van der Waals surface area contributed by atoms with Gasteiger partial charge in [0.25, 0.3) is 0 Å². The topological polar surface area (TPSA) is 34.1 Å². The van der Waals surface area contributed by atoms with Crippen molar-refractivity contribution in [3.8, 4) is 0 Å². The van der Waals surface area contributed by atoms with Gasteiger partial charge in [-0.25, -0.2) is 0 Å². The summed E-state index contributed by atoms with van der Waals surface area (Å²) in [6.45, 7) is 8.09. The molecule has 0 bridgehead atoms.